The number of phenols is 1. The first-order valence-corrected chi connectivity index (χ1v) is 6.98. The number of phenolic OH excluding ortho intramolecular Hbond substituents is 1. The summed E-state index contributed by atoms with van der Waals surface area (Å²) in [7, 11) is -3.84. The predicted molar refractivity (Wildman–Crippen MR) is 72.6 cm³/mol. The average molecular weight is 300 g/mol. The molecule has 8 heteroatoms. The number of aromatic hydroxyl groups is 1. The van der Waals surface area contributed by atoms with Crippen LogP contribution in [-0.4, -0.2) is 18.5 Å². The number of nitrogens with one attached hydrogen (secondary N) is 1. The zero-order valence-electron chi connectivity index (χ0n) is 9.54. The molecule has 0 unspecified atom stereocenters. The molecule has 0 atom stereocenters. The van der Waals surface area contributed by atoms with Gasteiger partial charge in [-0.3, -0.25) is 4.72 Å². The van der Waals surface area contributed by atoms with E-state index in [1.54, 1.807) is 6.07 Å². The van der Waals surface area contributed by atoms with Crippen LogP contribution >= 0.6 is 11.6 Å². The van der Waals surface area contributed by atoms with Crippen LogP contribution in [-0.2, 0) is 10.0 Å². The molecule has 0 saturated carbocycles. The molecular formula is C11H10ClN3O3S. The first-order chi connectivity index (χ1) is 8.90. The summed E-state index contributed by atoms with van der Waals surface area (Å²) in [5, 5.41) is 9.31. The van der Waals surface area contributed by atoms with Gasteiger partial charge < -0.3 is 10.8 Å². The third kappa shape index (κ3) is 2.88. The van der Waals surface area contributed by atoms with E-state index < -0.39 is 10.0 Å². The third-order valence-electron chi connectivity index (χ3n) is 2.31. The van der Waals surface area contributed by atoms with Gasteiger partial charge in [-0.25, -0.2) is 13.4 Å². The Labute approximate surface area is 114 Å². The topological polar surface area (TPSA) is 105 Å². The van der Waals surface area contributed by atoms with Crippen LogP contribution in [0.5, 0.6) is 5.75 Å². The number of nitrogens with zero attached hydrogens (tertiary/aromatic N) is 1. The number of aromatic nitrogens is 1. The maximum absolute atomic E-state index is 12.1. The molecule has 1 heterocycles. The predicted octanol–water partition coefficient (Wildman–Crippen LogP) is 1.82. The lowest BCUT2D eigenvalue weighted by molar-refractivity contribution is 0.477. The van der Waals surface area contributed by atoms with Crippen molar-refractivity contribution in [2.75, 3.05) is 10.5 Å². The lowest BCUT2D eigenvalue weighted by Gasteiger charge is -2.09. The van der Waals surface area contributed by atoms with Crippen molar-refractivity contribution in [1.82, 2.24) is 4.98 Å². The van der Waals surface area contributed by atoms with E-state index in [9.17, 15) is 13.5 Å². The average Bonchev–Trinajstić information content (AvgIpc) is 2.35. The molecular weight excluding hydrogens is 290 g/mol. The summed E-state index contributed by atoms with van der Waals surface area (Å²) >= 11 is 5.77. The maximum Gasteiger partial charge on any atom is 0.262 e. The minimum Gasteiger partial charge on any atom is -0.506 e. The van der Waals surface area contributed by atoms with Gasteiger partial charge in [-0.1, -0.05) is 11.6 Å². The van der Waals surface area contributed by atoms with Crippen molar-refractivity contribution in [1.29, 1.82) is 0 Å². The molecule has 1 aromatic heterocycles. The Morgan fingerprint density at radius 3 is 2.68 bits per heavy atom. The summed E-state index contributed by atoms with van der Waals surface area (Å²) in [6.45, 7) is 0. The van der Waals surface area contributed by atoms with Crippen LogP contribution in [0, 0.1) is 0 Å². The van der Waals surface area contributed by atoms with E-state index in [-0.39, 0.29) is 27.2 Å². The van der Waals surface area contributed by atoms with Crippen molar-refractivity contribution in [3.05, 3.63) is 41.7 Å². The number of rotatable bonds is 3. The Kier molecular flexibility index (Phi) is 3.50. The zero-order valence-corrected chi connectivity index (χ0v) is 11.1. The number of halogens is 1. The van der Waals surface area contributed by atoms with E-state index >= 15 is 0 Å². The molecule has 100 valence electrons. The van der Waals surface area contributed by atoms with E-state index in [1.807, 2.05) is 0 Å². The maximum atomic E-state index is 12.1. The summed E-state index contributed by atoms with van der Waals surface area (Å²) in [5.41, 5.74) is 5.60. The van der Waals surface area contributed by atoms with E-state index in [1.165, 1.54) is 24.4 Å². The molecule has 1 aromatic carbocycles. The second-order valence-corrected chi connectivity index (χ2v) is 5.71. The van der Waals surface area contributed by atoms with Gasteiger partial charge in [-0.2, -0.15) is 0 Å². The van der Waals surface area contributed by atoms with Crippen LogP contribution in [0.15, 0.2) is 41.4 Å². The highest BCUT2D eigenvalue weighted by Crippen LogP contribution is 2.26. The Morgan fingerprint density at radius 2 is 2.05 bits per heavy atom. The lowest BCUT2D eigenvalue weighted by atomic mass is 10.3. The largest absolute Gasteiger partial charge is 0.506 e. The van der Waals surface area contributed by atoms with Crippen LogP contribution in [0.3, 0.4) is 0 Å². The monoisotopic (exact) mass is 299 g/mol. The molecule has 0 bridgehead atoms. The molecule has 0 amide bonds. The van der Waals surface area contributed by atoms with Crippen LogP contribution in [0.25, 0.3) is 0 Å². The molecule has 0 saturated heterocycles. The van der Waals surface area contributed by atoms with Crippen molar-refractivity contribution >= 4 is 33.0 Å². The van der Waals surface area contributed by atoms with Gasteiger partial charge in [-0.15, -0.1) is 0 Å². The molecule has 2 aromatic rings. The van der Waals surface area contributed by atoms with Gasteiger partial charge in [0.1, 0.15) is 5.75 Å². The first-order valence-electron chi connectivity index (χ1n) is 5.12. The van der Waals surface area contributed by atoms with Gasteiger partial charge >= 0.3 is 0 Å². The van der Waals surface area contributed by atoms with Crippen LogP contribution in [0.1, 0.15) is 0 Å². The lowest BCUT2D eigenvalue weighted by Crippen LogP contribution is -2.13. The number of hydrogen-bond donors (Lipinski definition) is 3. The van der Waals surface area contributed by atoms with Gasteiger partial charge in [0.05, 0.1) is 16.3 Å². The second kappa shape index (κ2) is 4.94. The Bertz CT molecular complexity index is 719. The molecule has 0 aliphatic carbocycles. The fourth-order valence-corrected chi connectivity index (χ4v) is 2.69. The number of sulfonamides is 1. The number of nitrogens with two attached hydrogens (primary N) is 1. The molecule has 0 fully saturated rings. The van der Waals surface area contributed by atoms with Crippen LogP contribution in [0.4, 0.5) is 11.4 Å². The van der Waals surface area contributed by atoms with Gasteiger partial charge in [0.2, 0.25) is 0 Å². The third-order valence-corrected chi connectivity index (χ3v) is 3.98. The number of hydrogen-bond acceptors (Lipinski definition) is 5. The number of anilines is 2. The summed E-state index contributed by atoms with van der Waals surface area (Å²) < 4.78 is 26.5. The molecule has 2 rings (SSSR count). The number of benzene rings is 1. The standard InChI is InChI=1S/C11H10ClN3O3S/c12-11-9(2-1-5-14-11)15-19(17,18)7-3-4-10(16)8(13)6-7/h1-6,15-16H,13H2. The molecule has 0 aliphatic heterocycles. The Morgan fingerprint density at radius 1 is 1.32 bits per heavy atom. The zero-order chi connectivity index (χ0) is 14.0. The number of pyridine rings is 1. The van der Waals surface area contributed by atoms with Crippen molar-refractivity contribution in [2.24, 2.45) is 0 Å². The quantitative estimate of drug-likeness (QED) is 0.455. The minimum absolute atomic E-state index is 0.0276. The SMILES string of the molecule is Nc1cc(S(=O)(=O)Nc2cccnc2Cl)ccc1O. The summed E-state index contributed by atoms with van der Waals surface area (Å²) in [4.78, 5) is 3.68. The van der Waals surface area contributed by atoms with Gasteiger partial charge in [0.15, 0.2) is 5.15 Å². The smallest absolute Gasteiger partial charge is 0.262 e. The van der Waals surface area contributed by atoms with E-state index in [2.05, 4.69) is 9.71 Å². The number of nitrogen functional groups attached to an aromatic ring is 1. The molecule has 0 spiro atoms. The van der Waals surface area contributed by atoms with Crippen molar-refractivity contribution < 1.29 is 13.5 Å². The fraction of sp³-hybridized carbons (Fsp3) is 0. The van der Waals surface area contributed by atoms with E-state index in [0.29, 0.717) is 0 Å². The molecule has 6 nitrogen and oxygen atoms in total. The van der Waals surface area contributed by atoms with E-state index in [0.717, 1.165) is 6.07 Å². The van der Waals surface area contributed by atoms with Gasteiger partial charge in [0, 0.05) is 6.20 Å². The molecule has 0 radical (unpaired) electrons. The van der Waals surface area contributed by atoms with Crippen molar-refractivity contribution in [3.8, 4) is 5.75 Å². The van der Waals surface area contributed by atoms with Gasteiger partial charge in [0.25, 0.3) is 10.0 Å². The summed E-state index contributed by atoms with van der Waals surface area (Å²) in [6.07, 6.45) is 1.44. The van der Waals surface area contributed by atoms with Crippen molar-refractivity contribution in [2.45, 2.75) is 4.90 Å². The van der Waals surface area contributed by atoms with Crippen LogP contribution < -0.4 is 10.5 Å². The summed E-state index contributed by atoms with van der Waals surface area (Å²) in [5.74, 6) is -0.182. The van der Waals surface area contributed by atoms with E-state index in [4.69, 9.17) is 17.3 Å². The highest BCUT2D eigenvalue weighted by atomic mass is 35.5. The Hall–Kier alpha value is -1.99. The first kappa shape index (κ1) is 13.4. The highest BCUT2D eigenvalue weighted by Gasteiger charge is 2.17. The normalized spacial score (nSPS) is 11.2. The molecule has 0 aliphatic rings. The molecule has 4 N–H and O–H groups in total. The fourth-order valence-electron chi connectivity index (χ4n) is 1.37. The van der Waals surface area contributed by atoms with Crippen molar-refractivity contribution in [3.63, 3.8) is 0 Å². The highest BCUT2D eigenvalue weighted by molar-refractivity contribution is 7.92. The molecule has 19 heavy (non-hydrogen) atoms. The van der Waals surface area contributed by atoms with Gasteiger partial charge in [-0.05, 0) is 30.3 Å². The van der Waals surface area contributed by atoms with Crippen LogP contribution in [0.2, 0.25) is 5.15 Å². The minimum atomic E-state index is -3.84. The second-order valence-electron chi connectivity index (χ2n) is 3.67. The Balaban J connectivity index is 2.38. The summed E-state index contributed by atoms with van der Waals surface area (Å²) in [6, 6.07) is 6.63.